The van der Waals surface area contributed by atoms with Gasteiger partial charge < -0.3 is 19.3 Å². The number of carbonyl (C=O) groups is 2. The summed E-state index contributed by atoms with van der Waals surface area (Å²) >= 11 is 0. The zero-order valence-electron chi connectivity index (χ0n) is 18.1. The number of aryl methyl sites for hydroxylation is 1. The Labute approximate surface area is 179 Å². The van der Waals surface area contributed by atoms with Gasteiger partial charge in [0.05, 0.1) is 17.8 Å². The summed E-state index contributed by atoms with van der Waals surface area (Å²) in [6.45, 7) is 7.31. The first-order valence-corrected chi connectivity index (χ1v) is 10.3. The van der Waals surface area contributed by atoms with Crippen molar-refractivity contribution in [2.75, 3.05) is 26.8 Å². The minimum atomic E-state index is -5.08. The fraction of sp³-hybridized carbons (Fsp3) is 0.750. The van der Waals surface area contributed by atoms with Crippen LogP contribution in [0.3, 0.4) is 0 Å². The highest BCUT2D eigenvalue weighted by Crippen LogP contribution is 2.43. The Hall–Kier alpha value is -2.14. The number of piperidine rings is 1. The number of carboxylic acids is 1. The number of carbonyl (C=O) groups excluding carboxylic acids is 1. The van der Waals surface area contributed by atoms with Crippen LogP contribution in [0, 0.1) is 6.92 Å². The number of alkyl halides is 3. The number of amides is 1. The first kappa shape index (κ1) is 25.1. The van der Waals surface area contributed by atoms with E-state index < -0.39 is 12.1 Å². The Morgan fingerprint density at radius 1 is 1.42 bits per heavy atom. The van der Waals surface area contributed by atoms with Gasteiger partial charge in [0, 0.05) is 38.7 Å². The number of hydrogen-bond acceptors (Lipinski definition) is 6. The molecular weight excluding hydrogens is 419 g/mol. The number of aliphatic carboxylic acids is 1. The second kappa shape index (κ2) is 10.4. The normalized spacial score (nSPS) is 24.4. The molecule has 1 spiro atoms. The summed E-state index contributed by atoms with van der Waals surface area (Å²) in [7, 11) is 1.70. The van der Waals surface area contributed by atoms with Gasteiger partial charge in [-0.25, -0.2) is 4.79 Å². The standard InChI is InChI=1S/C18H29N3O3.C2HF3O2/c1-4-16-18(8-6-17(22)21(18)10-11-23-3)7-5-9-20(16)13-15-12-14(2)24-19-15;3-2(4,5)1(6)7/h12,16H,4-11,13H2,1-3H3;(H,6,7)/t16-,18-;/m0./s1. The molecule has 1 aromatic heterocycles. The first-order chi connectivity index (χ1) is 14.5. The third kappa shape index (κ3) is 5.97. The molecule has 0 aromatic carbocycles. The molecule has 0 aliphatic carbocycles. The van der Waals surface area contributed by atoms with E-state index in [0.717, 1.165) is 50.2 Å². The molecule has 0 saturated carbocycles. The molecule has 2 aliphatic heterocycles. The molecule has 3 heterocycles. The summed E-state index contributed by atoms with van der Waals surface area (Å²) in [6.07, 6.45) is -0.216. The van der Waals surface area contributed by atoms with Gasteiger partial charge in [0.2, 0.25) is 5.91 Å². The number of carboxylic acid groups (broad SMARTS) is 1. The highest BCUT2D eigenvalue weighted by molar-refractivity contribution is 5.80. The van der Waals surface area contributed by atoms with E-state index in [1.807, 2.05) is 13.0 Å². The molecule has 11 heteroatoms. The lowest BCUT2D eigenvalue weighted by atomic mass is 9.77. The molecule has 1 N–H and O–H groups in total. The molecule has 3 rings (SSSR count). The van der Waals surface area contributed by atoms with Crippen molar-refractivity contribution in [2.24, 2.45) is 0 Å². The molecule has 2 atom stereocenters. The first-order valence-electron chi connectivity index (χ1n) is 10.3. The van der Waals surface area contributed by atoms with Crippen molar-refractivity contribution in [3.63, 3.8) is 0 Å². The number of halogens is 3. The van der Waals surface area contributed by atoms with Crippen LogP contribution in [0.2, 0.25) is 0 Å². The summed E-state index contributed by atoms with van der Waals surface area (Å²) in [5, 5.41) is 11.3. The molecule has 2 fully saturated rings. The van der Waals surface area contributed by atoms with Crippen LogP contribution < -0.4 is 0 Å². The fourth-order valence-corrected chi connectivity index (χ4v) is 4.76. The van der Waals surface area contributed by atoms with E-state index in [2.05, 4.69) is 21.9 Å². The minimum Gasteiger partial charge on any atom is -0.475 e. The number of nitrogens with zero attached hydrogens (tertiary/aromatic N) is 3. The van der Waals surface area contributed by atoms with E-state index in [1.54, 1.807) is 7.11 Å². The third-order valence-electron chi connectivity index (χ3n) is 5.92. The van der Waals surface area contributed by atoms with Gasteiger partial charge in [-0.2, -0.15) is 13.2 Å². The van der Waals surface area contributed by atoms with Crippen LogP contribution in [0.4, 0.5) is 13.2 Å². The average Bonchev–Trinajstić information content (AvgIpc) is 3.24. The maximum atomic E-state index is 12.5. The second-order valence-corrected chi connectivity index (χ2v) is 7.87. The summed E-state index contributed by atoms with van der Waals surface area (Å²) in [4.78, 5) is 26.0. The van der Waals surface area contributed by atoms with Crippen LogP contribution in [-0.4, -0.2) is 76.5 Å². The summed E-state index contributed by atoms with van der Waals surface area (Å²) in [5.74, 6) is -1.63. The molecule has 0 bridgehead atoms. The Kier molecular flexibility index (Phi) is 8.47. The SMILES string of the molecule is CC[C@@H]1N(Cc2cc(C)on2)CCC[C@]12CCC(=O)N2CCOC.O=C(O)C(F)(F)F. The van der Waals surface area contributed by atoms with Crippen LogP contribution in [0.1, 0.15) is 50.5 Å². The maximum absolute atomic E-state index is 12.5. The van der Waals surface area contributed by atoms with Crippen LogP contribution >= 0.6 is 0 Å². The Balaban J connectivity index is 0.000000423. The van der Waals surface area contributed by atoms with Crippen molar-refractivity contribution < 1.29 is 37.1 Å². The van der Waals surface area contributed by atoms with E-state index in [4.69, 9.17) is 19.2 Å². The van der Waals surface area contributed by atoms with Crippen molar-refractivity contribution in [3.05, 3.63) is 17.5 Å². The lowest BCUT2D eigenvalue weighted by Crippen LogP contribution is -2.63. The number of aromatic nitrogens is 1. The smallest absolute Gasteiger partial charge is 0.475 e. The number of rotatable bonds is 6. The molecule has 0 radical (unpaired) electrons. The van der Waals surface area contributed by atoms with E-state index >= 15 is 0 Å². The van der Waals surface area contributed by atoms with Crippen LogP contribution in [-0.2, 0) is 20.9 Å². The van der Waals surface area contributed by atoms with E-state index in [-0.39, 0.29) is 11.4 Å². The van der Waals surface area contributed by atoms with E-state index in [0.29, 0.717) is 25.6 Å². The summed E-state index contributed by atoms with van der Waals surface area (Å²) in [6, 6.07) is 2.38. The third-order valence-corrected chi connectivity index (χ3v) is 5.92. The van der Waals surface area contributed by atoms with Crippen molar-refractivity contribution in [1.29, 1.82) is 0 Å². The molecule has 8 nitrogen and oxygen atoms in total. The van der Waals surface area contributed by atoms with Gasteiger partial charge >= 0.3 is 12.1 Å². The number of hydrogen-bond donors (Lipinski definition) is 1. The largest absolute Gasteiger partial charge is 0.490 e. The topological polar surface area (TPSA) is 96.1 Å². The molecule has 2 saturated heterocycles. The lowest BCUT2D eigenvalue weighted by Gasteiger charge is -2.52. The monoisotopic (exact) mass is 449 g/mol. The van der Waals surface area contributed by atoms with E-state index in [1.165, 1.54) is 0 Å². The predicted octanol–water partition coefficient (Wildman–Crippen LogP) is 3.00. The molecular formula is C20H30F3N3O5. The molecule has 1 amide bonds. The number of likely N-dealkylation sites (tertiary alicyclic amines) is 2. The van der Waals surface area contributed by atoms with Crippen LogP contribution in [0.25, 0.3) is 0 Å². The van der Waals surface area contributed by atoms with Gasteiger partial charge in [-0.3, -0.25) is 9.69 Å². The van der Waals surface area contributed by atoms with Crippen molar-refractivity contribution in [3.8, 4) is 0 Å². The van der Waals surface area contributed by atoms with Gasteiger partial charge in [-0.1, -0.05) is 12.1 Å². The fourth-order valence-electron chi connectivity index (χ4n) is 4.76. The Bertz CT molecular complexity index is 755. The zero-order chi connectivity index (χ0) is 23.2. The van der Waals surface area contributed by atoms with Gasteiger partial charge in [0.1, 0.15) is 5.76 Å². The van der Waals surface area contributed by atoms with Crippen molar-refractivity contribution >= 4 is 11.9 Å². The minimum absolute atomic E-state index is 0.0403. The predicted molar refractivity (Wildman–Crippen MR) is 104 cm³/mol. The van der Waals surface area contributed by atoms with Crippen molar-refractivity contribution in [1.82, 2.24) is 15.0 Å². The van der Waals surface area contributed by atoms with Gasteiger partial charge in [0.25, 0.3) is 0 Å². The van der Waals surface area contributed by atoms with Crippen LogP contribution in [0.15, 0.2) is 10.6 Å². The zero-order valence-corrected chi connectivity index (χ0v) is 18.1. The van der Waals surface area contributed by atoms with Gasteiger partial charge in [0.15, 0.2) is 0 Å². The molecule has 31 heavy (non-hydrogen) atoms. The van der Waals surface area contributed by atoms with Crippen LogP contribution in [0.5, 0.6) is 0 Å². The van der Waals surface area contributed by atoms with Gasteiger partial charge in [-0.15, -0.1) is 0 Å². The molecule has 1 aromatic rings. The Morgan fingerprint density at radius 3 is 2.61 bits per heavy atom. The lowest BCUT2D eigenvalue weighted by molar-refractivity contribution is -0.192. The molecule has 0 unspecified atom stereocenters. The van der Waals surface area contributed by atoms with Gasteiger partial charge in [-0.05, 0) is 39.2 Å². The molecule has 2 aliphatic rings. The average molecular weight is 449 g/mol. The number of ether oxygens (including phenoxy) is 1. The summed E-state index contributed by atoms with van der Waals surface area (Å²) < 4.78 is 42.2. The Morgan fingerprint density at radius 2 is 2.10 bits per heavy atom. The highest BCUT2D eigenvalue weighted by atomic mass is 19.4. The second-order valence-electron chi connectivity index (χ2n) is 7.87. The highest BCUT2D eigenvalue weighted by Gasteiger charge is 2.52. The quantitative estimate of drug-likeness (QED) is 0.713. The maximum Gasteiger partial charge on any atom is 0.490 e. The van der Waals surface area contributed by atoms with Crippen molar-refractivity contribution in [2.45, 2.75) is 70.3 Å². The summed E-state index contributed by atoms with van der Waals surface area (Å²) in [5.41, 5.74) is 0.942. The molecule has 176 valence electrons. The number of methoxy groups -OCH3 is 1. The van der Waals surface area contributed by atoms with E-state index in [9.17, 15) is 18.0 Å².